The van der Waals surface area contributed by atoms with Gasteiger partial charge in [-0.1, -0.05) is 6.07 Å². The molecule has 1 atom stereocenters. The van der Waals surface area contributed by atoms with Gasteiger partial charge in [-0.25, -0.2) is 0 Å². The van der Waals surface area contributed by atoms with Gasteiger partial charge in [-0.3, -0.25) is 4.79 Å². The van der Waals surface area contributed by atoms with Crippen LogP contribution in [0.25, 0.3) is 0 Å². The molecule has 0 spiro atoms. The van der Waals surface area contributed by atoms with E-state index in [1.165, 1.54) is 0 Å². The zero-order valence-electron chi connectivity index (χ0n) is 14.7. The second-order valence-corrected chi connectivity index (χ2v) is 5.64. The average molecular weight is 329 g/mol. The number of nitrogens with one attached hydrogen (secondary N) is 1. The second-order valence-electron chi connectivity index (χ2n) is 5.64. The fraction of sp³-hybridized carbons (Fsp3) is 0.316. The molecule has 5 nitrogen and oxygen atoms in total. The number of methoxy groups -OCH3 is 2. The summed E-state index contributed by atoms with van der Waals surface area (Å²) in [6.45, 7) is 5.70. The summed E-state index contributed by atoms with van der Waals surface area (Å²) < 4.78 is 16.2. The third-order valence-corrected chi connectivity index (χ3v) is 3.53. The van der Waals surface area contributed by atoms with Crippen LogP contribution in [0.1, 0.15) is 18.1 Å². The van der Waals surface area contributed by atoms with Crippen molar-refractivity contribution in [3.63, 3.8) is 0 Å². The number of rotatable bonds is 6. The predicted octanol–water partition coefficient (Wildman–Crippen LogP) is 3.73. The average Bonchev–Trinajstić information content (AvgIpc) is 2.53. The molecule has 0 saturated carbocycles. The van der Waals surface area contributed by atoms with Crippen molar-refractivity contribution in [3.05, 3.63) is 47.5 Å². The second kappa shape index (κ2) is 7.73. The lowest BCUT2D eigenvalue weighted by Gasteiger charge is -2.16. The van der Waals surface area contributed by atoms with Crippen molar-refractivity contribution in [1.29, 1.82) is 0 Å². The molecule has 128 valence electrons. The van der Waals surface area contributed by atoms with E-state index in [4.69, 9.17) is 14.2 Å². The molecule has 0 bridgehead atoms. The van der Waals surface area contributed by atoms with Crippen LogP contribution >= 0.6 is 0 Å². The summed E-state index contributed by atoms with van der Waals surface area (Å²) in [6, 6.07) is 11.1. The predicted molar refractivity (Wildman–Crippen MR) is 94.2 cm³/mol. The summed E-state index contributed by atoms with van der Waals surface area (Å²) in [7, 11) is 3.12. The number of anilines is 1. The molecule has 0 heterocycles. The lowest BCUT2D eigenvalue weighted by molar-refractivity contribution is -0.122. The number of hydrogen-bond donors (Lipinski definition) is 1. The molecule has 2 rings (SSSR count). The Kier molecular flexibility index (Phi) is 5.68. The maximum absolute atomic E-state index is 12.3. The molecule has 2 aromatic carbocycles. The van der Waals surface area contributed by atoms with Gasteiger partial charge in [-0.2, -0.15) is 0 Å². The van der Waals surface area contributed by atoms with Crippen LogP contribution in [-0.2, 0) is 4.79 Å². The van der Waals surface area contributed by atoms with Gasteiger partial charge in [0, 0.05) is 11.8 Å². The minimum Gasteiger partial charge on any atom is -0.493 e. The van der Waals surface area contributed by atoms with E-state index in [0.717, 1.165) is 11.1 Å². The van der Waals surface area contributed by atoms with Crippen molar-refractivity contribution >= 4 is 11.6 Å². The monoisotopic (exact) mass is 329 g/mol. The Bertz CT molecular complexity index is 707. The molecule has 5 heteroatoms. The van der Waals surface area contributed by atoms with Gasteiger partial charge in [-0.05, 0) is 56.2 Å². The Labute approximate surface area is 142 Å². The highest BCUT2D eigenvalue weighted by Crippen LogP contribution is 2.29. The number of amides is 1. The molecule has 0 aliphatic heterocycles. The highest BCUT2D eigenvalue weighted by Gasteiger charge is 2.16. The van der Waals surface area contributed by atoms with E-state index < -0.39 is 6.10 Å². The molecule has 0 saturated heterocycles. The summed E-state index contributed by atoms with van der Waals surface area (Å²) in [5.74, 6) is 1.61. The molecule has 0 aliphatic carbocycles. The molecule has 0 aliphatic rings. The topological polar surface area (TPSA) is 56.8 Å². The standard InChI is InChI=1S/C19H23NO4/c1-12-8-13(2)10-16(9-12)24-14(3)19(21)20-15-6-7-17(22-4)18(11-15)23-5/h6-11,14H,1-5H3,(H,20,21)/t14-/m1/s1. The van der Waals surface area contributed by atoms with Crippen LogP contribution in [0.4, 0.5) is 5.69 Å². The van der Waals surface area contributed by atoms with Gasteiger partial charge in [0.1, 0.15) is 5.75 Å². The summed E-state index contributed by atoms with van der Waals surface area (Å²) in [6.07, 6.45) is -0.626. The van der Waals surface area contributed by atoms with Gasteiger partial charge in [0.25, 0.3) is 5.91 Å². The SMILES string of the molecule is COc1ccc(NC(=O)[C@@H](C)Oc2cc(C)cc(C)c2)cc1OC. The molecule has 1 N–H and O–H groups in total. The molecule has 0 radical (unpaired) electrons. The molecular weight excluding hydrogens is 306 g/mol. The third kappa shape index (κ3) is 4.41. The van der Waals surface area contributed by atoms with Gasteiger partial charge in [0.2, 0.25) is 0 Å². The van der Waals surface area contributed by atoms with E-state index in [-0.39, 0.29) is 5.91 Å². The van der Waals surface area contributed by atoms with E-state index in [1.807, 2.05) is 26.0 Å². The highest BCUT2D eigenvalue weighted by atomic mass is 16.5. The summed E-state index contributed by atoms with van der Waals surface area (Å²) >= 11 is 0. The minimum absolute atomic E-state index is 0.235. The quantitative estimate of drug-likeness (QED) is 0.877. The largest absolute Gasteiger partial charge is 0.493 e. The fourth-order valence-corrected chi connectivity index (χ4v) is 2.42. The zero-order valence-corrected chi connectivity index (χ0v) is 14.7. The van der Waals surface area contributed by atoms with Gasteiger partial charge >= 0.3 is 0 Å². The van der Waals surface area contributed by atoms with Crippen molar-refractivity contribution in [2.75, 3.05) is 19.5 Å². The number of benzene rings is 2. The van der Waals surface area contributed by atoms with Crippen LogP contribution in [0.5, 0.6) is 17.2 Å². The highest BCUT2D eigenvalue weighted by molar-refractivity contribution is 5.94. The van der Waals surface area contributed by atoms with E-state index in [2.05, 4.69) is 11.4 Å². The number of carbonyl (C=O) groups excluding carboxylic acids is 1. The van der Waals surface area contributed by atoms with Crippen molar-refractivity contribution in [2.45, 2.75) is 26.9 Å². The van der Waals surface area contributed by atoms with Gasteiger partial charge in [-0.15, -0.1) is 0 Å². The van der Waals surface area contributed by atoms with Crippen LogP contribution in [0.3, 0.4) is 0 Å². The summed E-state index contributed by atoms with van der Waals surface area (Å²) in [5, 5.41) is 2.82. The van der Waals surface area contributed by atoms with E-state index in [0.29, 0.717) is 22.9 Å². The van der Waals surface area contributed by atoms with Gasteiger partial charge < -0.3 is 19.5 Å². The van der Waals surface area contributed by atoms with Crippen LogP contribution in [0.15, 0.2) is 36.4 Å². The van der Waals surface area contributed by atoms with Crippen LogP contribution in [0, 0.1) is 13.8 Å². The van der Waals surface area contributed by atoms with Crippen molar-refractivity contribution < 1.29 is 19.0 Å². The van der Waals surface area contributed by atoms with Crippen LogP contribution in [-0.4, -0.2) is 26.2 Å². The maximum atomic E-state index is 12.3. The molecule has 24 heavy (non-hydrogen) atoms. The first-order chi connectivity index (χ1) is 11.4. The molecule has 2 aromatic rings. The van der Waals surface area contributed by atoms with Crippen LogP contribution in [0.2, 0.25) is 0 Å². The number of ether oxygens (including phenoxy) is 3. The third-order valence-electron chi connectivity index (χ3n) is 3.53. The molecule has 0 unspecified atom stereocenters. The molecule has 0 fully saturated rings. The molecule has 0 aromatic heterocycles. The zero-order chi connectivity index (χ0) is 17.7. The Balaban J connectivity index is 2.06. The fourth-order valence-electron chi connectivity index (χ4n) is 2.42. The molecular formula is C19H23NO4. The minimum atomic E-state index is -0.626. The first kappa shape index (κ1) is 17.7. The Hall–Kier alpha value is -2.69. The summed E-state index contributed by atoms with van der Waals surface area (Å²) in [4.78, 5) is 12.3. The number of aryl methyl sites for hydroxylation is 2. The van der Waals surface area contributed by atoms with E-state index >= 15 is 0 Å². The smallest absolute Gasteiger partial charge is 0.265 e. The number of hydrogen-bond acceptors (Lipinski definition) is 4. The normalized spacial score (nSPS) is 11.5. The van der Waals surface area contributed by atoms with E-state index in [1.54, 1.807) is 39.3 Å². The lowest BCUT2D eigenvalue weighted by Crippen LogP contribution is -2.30. The first-order valence-corrected chi connectivity index (χ1v) is 7.70. The Morgan fingerprint density at radius 1 is 0.958 bits per heavy atom. The van der Waals surface area contributed by atoms with Crippen molar-refractivity contribution in [3.8, 4) is 17.2 Å². The van der Waals surface area contributed by atoms with E-state index in [9.17, 15) is 4.79 Å². The van der Waals surface area contributed by atoms with Crippen LogP contribution < -0.4 is 19.5 Å². The van der Waals surface area contributed by atoms with Crippen molar-refractivity contribution in [1.82, 2.24) is 0 Å². The van der Waals surface area contributed by atoms with Gasteiger partial charge in [0.05, 0.1) is 14.2 Å². The summed E-state index contributed by atoms with van der Waals surface area (Å²) in [5.41, 5.74) is 2.81. The Morgan fingerprint density at radius 3 is 2.17 bits per heavy atom. The molecule has 1 amide bonds. The Morgan fingerprint density at radius 2 is 1.58 bits per heavy atom. The van der Waals surface area contributed by atoms with Crippen molar-refractivity contribution in [2.24, 2.45) is 0 Å². The number of carbonyl (C=O) groups is 1. The van der Waals surface area contributed by atoms with Gasteiger partial charge in [0.15, 0.2) is 17.6 Å². The first-order valence-electron chi connectivity index (χ1n) is 7.70. The lowest BCUT2D eigenvalue weighted by atomic mass is 10.1. The maximum Gasteiger partial charge on any atom is 0.265 e.